The largest absolute Gasteiger partial charge is 0.506 e. The zero-order chi connectivity index (χ0) is 10.8. The number of aromatic hydroxyl groups is 1. The van der Waals surface area contributed by atoms with E-state index < -0.39 is 0 Å². The highest BCUT2D eigenvalue weighted by Crippen LogP contribution is 2.22. The fourth-order valence-corrected chi connectivity index (χ4v) is 1.38. The summed E-state index contributed by atoms with van der Waals surface area (Å²) >= 11 is 0. The topological polar surface area (TPSA) is 77.0 Å². The second-order valence-corrected chi connectivity index (χ2v) is 3.35. The zero-order valence-electron chi connectivity index (χ0n) is 8.33. The lowest BCUT2D eigenvalue weighted by atomic mass is 10.2. The molecule has 1 aromatic carbocycles. The van der Waals surface area contributed by atoms with Gasteiger partial charge in [-0.3, -0.25) is 0 Å². The van der Waals surface area contributed by atoms with Gasteiger partial charge in [0.1, 0.15) is 11.4 Å². The van der Waals surface area contributed by atoms with E-state index in [4.69, 9.17) is 5.73 Å². The second kappa shape index (κ2) is 3.70. The van der Waals surface area contributed by atoms with Gasteiger partial charge in [-0.1, -0.05) is 17.3 Å². The molecule has 0 aliphatic rings. The molecule has 1 aromatic heterocycles. The van der Waals surface area contributed by atoms with Crippen LogP contribution in [0.2, 0.25) is 0 Å². The molecule has 5 heteroatoms. The first-order valence-electron chi connectivity index (χ1n) is 4.64. The highest BCUT2D eigenvalue weighted by atomic mass is 16.3. The van der Waals surface area contributed by atoms with Crippen LogP contribution in [0.1, 0.15) is 18.7 Å². The standard InChI is InChI=1S/C10H12N4O/c1-7(11)9-6-12-13-14(9)8-4-2-3-5-10(8)15/h2-7,15H,11H2,1H3. The van der Waals surface area contributed by atoms with Gasteiger partial charge in [0.25, 0.3) is 0 Å². The Labute approximate surface area is 87.1 Å². The molecule has 15 heavy (non-hydrogen) atoms. The van der Waals surface area contributed by atoms with Gasteiger partial charge in [-0.25, -0.2) is 4.68 Å². The van der Waals surface area contributed by atoms with Gasteiger partial charge in [0.15, 0.2) is 0 Å². The Morgan fingerprint density at radius 2 is 2.13 bits per heavy atom. The number of phenols is 1. The van der Waals surface area contributed by atoms with Crippen LogP contribution in [-0.4, -0.2) is 20.1 Å². The summed E-state index contributed by atoms with van der Waals surface area (Å²) in [5.41, 5.74) is 7.11. The average Bonchev–Trinajstić information content (AvgIpc) is 2.67. The minimum absolute atomic E-state index is 0.157. The van der Waals surface area contributed by atoms with Crippen molar-refractivity contribution in [3.63, 3.8) is 0 Å². The molecule has 3 N–H and O–H groups in total. The van der Waals surface area contributed by atoms with Crippen molar-refractivity contribution in [2.45, 2.75) is 13.0 Å². The van der Waals surface area contributed by atoms with Crippen molar-refractivity contribution in [2.24, 2.45) is 5.73 Å². The molecule has 1 heterocycles. The first-order chi connectivity index (χ1) is 7.20. The minimum atomic E-state index is -0.181. The Kier molecular flexibility index (Phi) is 2.39. The summed E-state index contributed by atoms with van der Waals surface area (Å²) in [6, 6.07) is 6.75. The Hall–Kier alpha value is -1.88. The molecule has 0 spiro atoms. The maximum Gasteiger partial charge on any atom is 0.141 e. The van der Waals surface area contributed by atoms with Crippen LogP contribution < -0.4 is 5.73 Å². The van der Waals surface area contributed by atoms with Gasteiger partial charge in [0.2, 0.25) is 0 Å². The Balaban J connectivity index is 2.55. The van der Waals surface area contributed by atoms with Crippen LogP contribution in [0.5, 0.6) is 5.75 Å². The molecule has 0 radical (unpaired) electrons. The van der Waals surface area contributed by atoms with Gasteiger partial charge in [-0.2, -0.15) is 0 Å². The fraction of sp³-hybridized carbons (Fsp3) is 0.200. The molecule has 0 saturated heterocycles. The van der Waals surface area contributed by atoms with Gasteiger partial charge >= 0.3 is 0 Å². The molecule has 1 atom stereocenters. The summed E-state index contributed by atoms with van der Waals surface area (Å²) in [6.45, 7) is 1.84. The number of hydrogen-bond donors (Lipinski definition) is 2. The minimum Gasteiger partial charge on any atom is -0.506 e. The normalized spacial score (nSPS) is 12.7. The van der Waals surface area contributed by atoms with Crippen molar-refractivity contribution < 1.29 is 5.11 Å². The summed E-state index contributed by atoms with van der Waals surface area (Å²) in [6.07, 6.45) is 1.59. The van der Waals surface area contributed by atoms with Crippen LogP contribution in [0.15, 0.2) is 30.5 Å². The zero-order valence-corrected chi connectivity index (χ0v) is 8.33. The SMILES string of the molecule is CC(N)c1cnnn1-c1ccccc1O. The van der Waals surface area contributed by atoms with Crippen molar-refractivity contribution in [3.8, 4) is 11.4 Å². The maximum absolute atomic E-state index is 9.66. The monoisotopic (exact) mass is 204 g/mol. The summed E-state index contributed by atoms with van der Waals surface area (Å²) < 4.78 is 1.54. The van der Waals surface area contributed by atoms with Gasteiger partial charge in [0.05, 0.1) is 11.9 Å². The van der Waals surface area contributed by atoms with Crippen LogP contribution in [0.25, 0.3) is 5.69 Å². The molecular weight excluding hydrogens is 192 g/mol. The number of aromatic nitrogens is 3. The molecule has 0 amide bonds. The lowest BCUT2D eigenvalue weighted by molar-refractivity contribution is 0.468. The third-order valence-corrected chi connectivity index (χ3v) is 2.15. The van der Waals surface area contributed by atoms with Gasteiger partial charge in [0, 0.05) is 6.04 Å². The molecule has 0 bridgehead atoms. The average molecular weight is 204 g/mol. The van der Waals surface area contributed by atoms with Gasteiger partial charge in [-0.15, -0.1) is 5.10 Å². The summed E-state index contributed by atoms with van der Waals surface area (Å²) in [5, 5.41) is 17.3. The van der Waals surface area contributed by atoms with Gasteiger partial charge < -0.3 is 10.8 Å². The summed E-state index contributed by atoms with van der Waals surface area (Å²) in [7, 11) is 0. The molecule has 1 unspecified atom stereocenters. The molecule has 2 aromatic rings. The molecule has 0 aliphatic heterocycles. The summed E-state index contributed by atoms with van der Waals surface area (Å²) in [5.74, 6) is 0.157. The van der Waals surface area contributed by atoms with E-state index in [9.17, 15) is 5.11 Å². The number of phenolic OH excluding ortho intramolecular Hbond substituents is 1. The molecular formula is C10H12N4O. The number of benzene rings is 1. The number of hydrogen-bond acceptors (Lipinski definition) is 4. The van der Waals surface area contributed by atoms with E-state index in [2.05, 4.69) is 10.3 Å². The quantitative estimate of drug-likeness (QED) is 0.764. The predicted molar refractivity (Wildman–Crippen MR) is 55.6 cm³/mol. The predicted octanol–water partition coefficient (Wildman–Crippen LogP) is 0.993. The molecule has 2 rings (SSSR count). The number of para-hydroxylation sites is 2. The Bertz CT molecular complexity index is 464. The maximum atomic E-state index is 9.66. The van der Waals surface area contributed by atoms with Crippen molar-refractivity contribution in [1.29, 1.82) is 0 Å². The Morgan fingerprint density at radius 3 is 2.80 bits per heavy atom. The van der Waals surface area contributed by atoms with Crippen molar-refractivity contribution in [3.05, 3.63) is 36.2 Å². The van der Waals surface area contributed by atoms with Crippen LogP contribution in [0.3, 0.4) is 0 Å². The van der Waals surface area contributed by atoms with Gasteiger partial charge in [-0.05, 0) is 19.1 Å². The first kappa shape index (κ1) is 9.67. The molecule has 0 fully saturated rings. The number of rotatable bonds is 2. The number of nitrogens with two attached hydrogens (primary N) is 1. The van der Waals surface area contributed by atoms with E-state index >= 15 is 0 Å². The Morgan fingerprint density at radius 1 is 1.40 bits per heavy atom. The second-order valence-electron chi connectivity index (χ2n) is 3.35. The highest BCUT2D eigenvalue weighted by molar-refractivity contribution is 5.45. The van der Waals surface area contributed by atoms with Crippen LogP contribution in [0, 0.1) is 0 Å². The lowest BCUT2D eigenvalue weighted by Crippen LogP contribution is -2.12. The van der Waals surface area contributed by atoms with Crippen molar-refractivity contribution in [1.82, 2.24) is 15.0 Å². The van der Waals surface area contributed by atoms with E-state index in [1.807, 2.05) is 13.0 Å². The molecule has 78 valence electrons. The third-order valence-electron chi connectivity index (χ3n) is 2.15. The lowest BCUT2D eigenvalue weighted by Gasteiger charge is -2.09. The third kappa shape index (κ3) is 1.69. The smallest absolute Gasteiger partial charge is 0.141 e. The van der Waals surface area contributed by atoms with Crippen molar-refractivity contribution in [2.75, 3.05) is 0 Å². The molecule has 0 aliphatic carbocycles. The van der Waals surface area contributed by atoms with Crippen LogP contribution in [0.4, 0.5) is 0 Å². The van der Waals surface area contributed by atoms with Crippen LogP contribution in [-0.2, 0) is 0 Å². The van der Waals surface area contributed by atoms with E-state index in [1.165, 1.54) is 0 Å². The van der Waals surface area contributed by atoms with Crippen LogP contribution >= 0.6 is 0 Å². The van der Waals surface area contributed by atoms with E-state index in [0.29, 0.717) is 5.69 Å². The van der Waals surface area contributed by atoms with Crippen molar-refractivity contribution >= 4 is 0 Å². The molecule has 5 nitrogen and oxygen atoms in total. The fourth-order valence-electron chi connectivity index (χ4n) is 1.38. The van der Waals surface area contributed by atoms with E-state index in [0.717, 1.165) is 5.69 Å². The molecule has 0 saturated carbocycles. The number of nitrogens with zero attached hydrogens (tertiary/aromatic N) is 3. The van der Waals surface area contributed by atoms with E-state index in [1.54, 1.807) is 29.1 Å². The highest BCUT2D eigenvalue weighted by Gasteiger charge is 2.12. The van der Waals surface area contributed by atoms with E-state index in [-0.39, 0.29) is 11.8 Å². The first-order valence-corrected chi connectivity index (χ1v) is 4.64. The summed E-state index contributed by atoms with van der Waals surface area (Å²) in [4.78, 5) is 0.